The molecule has 0 bridgehead atoms. The van der Waals surface area contributed by atoms with Crippen molar-refractivity contribution in [2.45, 2.75) is 11.1 Å². The van der Waals surface area contributed by atoms with Crippen LogP contribution in [-0.2, 0) is 14.8 Å². The number of pyridine rings is 1. The second kappa shape index (κ2) is 5.48. The number of sulfonamides is 1. The van der Waals surface area contributed by atoms with Gasteiger partial charge >= 0.3 is 0 Å². The van der Waals surface area contributed by atoms with Crippen LogP contribution < -0.4 is 0 Å². The molecule has 2 rings (SSSR count). The van der Waals surface area contributed by atoms with Gasteiger partial charge in [0.25, 0.3) is 10.0 Å². The average molecular weight is 295 g/mol. The average Bonchev–Trinajstić information content (AvgIpc) is 2.39. The van der Waals surface area contributed by atoms with Gasteiger partial charge < -0.3 is 4.74 Å². The number of ether oxygens (including phenoxy) is 1. The molecule has 8 heteroatoms. The SMILES string of the molecule is O=S(=O)(c1ncccc1F)N1CCOC(CCl)C1. The fourth-order valence-corrected chi connectivity index (χ4v) is 3.30. The quantitative estimate of drug-likeness (QED) is 0.776. The lowest BCUT2D eigenvalue weighted by Crippen LogP contribution is -2.46. The smallest absolute Gasteiger partial charge is 0.263 e. The van der Waals surface area contributed by atoms with Gasteiger partial charge in [-0.25, -0.2) is 17.8 Å². The van der Waals surface area contributed by atoms with Crippen molar-refractivity contribution >= 4 is 21.6 Å². The Kier molecular flexibility index (Phi) is 4.16. The summed E-state index contributed by atoms with van der Waals surface area (Å²) in [7, 11) is -3.93. The summed E-state index contributed by atoms with van der Waals surface area (Å²) >= 11 is 5.64. The standard InChI is InChI=1S/C10H12ClFN2O3S/c11-6-8-7-14(4-5-17-8)18(15,16)10-9(12)2-1-3-13-10/h1-3,8H,4-7H2. The second-order valence-electron chi connectivity index (χ2n) is 3.80. The summed E-state index contributed by atoms with van der Waals surface area (Å²) in [6.07, 6.45) is 0.872. The van der Waals surface area contributed by atoms with Crippen molar-refractivity contribution < 1.29 is 17.5 Å². The Bertz CT molecular complexity index is 526. The maximum atomic E-state index is 13.5. The summed E-state index contributed by atoms with van der Waals surface area (Å²) in [5, 5.41) is -0.555. The van der Waals surface area contributed by atoms with Crippen LogP contribution in [0.3, 0.4) is 0 Å². The number of nitrogens with zero attached hydrogens (tertiary/aromatic N) is 2. The molecule has 1 aromatic rings. The van der Waals surface area contributed by atoms with Crippen LogP contribution in [0.5, 0.6) is 0 Å². The minimum absolute atomic E-state index is 0.113. The van der Waals surface area contributed by atoms with E-state index >= 15 is 0 Å². The van der Waals surface area contributed by atoms with Crippen LogP contribution in [-0.4, -0.2) is 49.4 Å². The van der Waals surface area contributed by atoms with Crippen molar-refractivity contribution in [1.82, 2.24) is 9.29 Å². The third-order valence-corrected chi connectivity index (χ3v) is 4.73. The number of hydrogen-bond acceptors (Lipinski definition) is 4. The topological polar surface area (TPSA) is 59.5 Å². The zero-order chi connectivity index (χ0) is 13.2. The molecular weight excluding hydrogens is 283 g/mol. The number of halogens is 2. The third kappa shape index (κ3) is 2.64. The molecule has 0 N–H and O–H groups in total. The molecule has 1 aromatic heterocycles. The van der Waals surface area contributed by atoms with Gasteiger partial charge in [0.1, 0.15) is 0 Å². The molecule has 1 saturated heterocycles. The first-order chi connectivity index (χ1) is 8.55. The lowest BCUT2D eigenvalue weighted by atomic mass is 10.3. The van der Waals surface area contributed by atoms with E-state index in [9.17, 15) is 12.8 Å². The molecule has 1 aliphatic rings. The van der Waals surface area contributed by atoms with Crippen LogP contribution in [0.25, 0.3) is 0 Å². The number of rotatable bonds is 3. The Morgan fingerprint density at radius 2 is 2.39 bits per heavy atom. The van der Waals surface area contributed by atoms with Crippen LogP contribution in [0, 0.1) is 5.82 Å². The zero-order valence-corrected chi connectivity index (χ0v) is 11.0. The van der Waals surface area contributed by atoms with Crippen LogP contribution in [0.4, 0.5) is 4.39 Å². The van der Waals surface area contributed by atoms with E-state index in [1.54, 1.807) is 0 Å². The molecule has 18 heavy (non-hydrogen) atoms. The van der Waals surface area contributed by atoms with Crippen molar-refractivity contribution in [3.05, 3.63) is 24.1 Å². The highest BCUT2D eigenvalue weighted by molar-refractivity contribution is 7.89. The third-order valence-electron chi connectivity index (χ3n) is 2.58. The van der Waals surface area contributed by atoms with Crippen molar-refractivity contribution in [3.8, 4) is 0 Å². The molecule has 0 radical (unpaired) electrons. The molecule has 1 unspecified atom stereocenters. The molecular formula is C10H12ClFN2O3S. The largest absolute Gasteiger partial charge is 0.374 e. The maximum Gasteiger partial charge on any atom is 0.263 e. The van der Waals surface area contributed by atoms with Crippen molar-refractivity contribution in [3.63, 3.8) is 0 Å². The first-order valence-electron chi connectivity index (χ1n) is 5.34. The van der Waals surface area contributed by atoms with Gasteiger partial charge in [-0.1, -0.05) is 0 Å². The van der Waals surface area contributed by atoms with E-state index in [0.29, 0.717) is 0 Å². The van der Waals surface area contributed by atoms with Gasteiger partial charge in [0.2, 0.25) is 5.03 Å². The highest BCUT2D eigenvalue weighted by Crippen LogP contribution is 2.19. The normalized spacial score (nSPS) is 22.0. The fourth-order valence-electron chi connectivity index (χ4n) is 1.69. The van der Waals surface area contributed by atoms with E-state index < -0.39 is 20.9 Å². The molecule has 5 nitrogen and oxygen atoms in total. The summed E-state index contributed by atoms with van der Waals surface area (Å²) in [6, 6.07) is 2.41. The summed E-state index contributed by atoms with van der Waals surface area (Å²) < 4.78 is 44.3. The second-order valence-corrected chi connectivity index (χ2v) is 5.96. The predicted molar refractivity (Wildman–Crippen MR) is 63.4 cm³/mol. The number of alkyl halides is 1. The Balaban J connectivity index is 2.29. The Morgan fingerprint density at radius 3 is 3.06 bits per heavy atom. The van der Waals surface area contributed by atoms with Crippen molar-refractivity contribution in [2.24, 2.45) is 0 Å². The zero-order valence-electron chi connectivity index (χ0n) is 9.42. The van der Waals surface area contributed by atoms with E-state index in [-0.39, 0.29) is 31.7 Å². The van der Waals surface area contributed by atoms with Gasteiger partial charge in [-0.05, 0) is 12.1 Å². The number of hydrogen-bond donors (Lipinski definition) is 0. The Hall–Kier alpha value is -0.760. The van der Waals surface area contributed by atoms with Gasteiger partial charge in [0, 0.05) is 25.2 Å². The van der Waals surface area contributed by atoms with E-state index in [0.717, 1.165) is 10.4 Å². The van der Waals surface area contributed by atoms with E-state index in [1.807, 2.05) is 0 Å². The minimum Gasteiger partial charge on any atom is -0.374 e. The highest BCUT2D eigenvalue weighted by Gasteiger charge is 2.33. The summed E-state index contributed by atoms with van der Waals surface area (Å²) in [5.74, 6) is -0.664. The molecule has 1 fully saturated rings. The van der Waals surface area contributed by atoms with Crippen molar-refractivity contribution in [1.29, 1.82) is 0 Å². The predicted octanol–water partition coefficient (Wildman–Crippen LogP) is 0.849. The Morgan fingerprint density at radius 1 is 1.61 bits per heavy atom. The van der Waals surface area contributed by atoms with Crippen molar-refractivity contribution in [2.75, 3.05) is 25.6 Å². The molecule has 1 aliphatic heterocycles. The van der Waals surface area contributed by atoms with Gasteiger partial charge in [-0.2, -0.15) is 4.31 Å². The van der Waals surface area contributed by atoms with Crippen LogP contribution in [0.2, 0.25) is 0 Å². The molecule has 0 saturated carbocycles. The summed E-state index contributed by atoms with van der Waals surface area (Å²) in [6.45, 7) is 0.526. The molecule has 0 spiro atoms. The van der Waals surface area contributed by atoms with Crippen LogP contribution in [0.1, 0.15) is 0 Å². The van der Waals surface area contributed by atoms with Gasteiger partial charge in [0.15, 0.2) is 5.82 Å². The minimum atomic E-state index is -3.93. The molecule has 0 aromatic carbocycles. The number of morpholine rings is 1. The van der Waals surface area contributed by atoms with Gasteiger partial charge in [-0.15, -0.1) is 11.6 Å². The number of aromatic nitrogens is 1. The molecule has 1 atom stereocenters. The lowest BCUT2D eigenvalue weighted by Gasteiger charge is -2.30. The lowest BCUT2D eigenvalue weighted by molar-refractivity contribution is 0.0121. The molecule has 2 heterocycles. The molecule has 100 valence electrons. The Labute approximate surface area is 110 Å². The monoisotopic (exact) mass is 294 g/mol. The van der Waals surface area contributed by atoms with Gasteiger partial charge in [-0.3, -0.25) is 0 Å². The van der Waals surface area contributed by atoms with Crippen LogP contribution >= 0.6 is 11.6 Å². The van der Waals surface area contributed by atoms with Gasteiger partial charge in [0.05, 0.1) is 12.7 Å². The summed E-state index contributed by atoms with van der Waals surface area (Å²) in [5.41, 5.74) is 0. The highest BCUT2D eigenvalue weighted by atomic mass is 35.5. The molecule has 0 aliphatic carbocycles. The van der Waals surface area contributed by atoms with E-state index in [2.05, 4.69) is 4.98 Å². The maximum absolute atomic E-state index is 13.5. The van der Waals surface area contributed by atoms with E-state index in [1.165, 1.54) is 12.3 Å². The molecule has 0 amide bonds. The van der Waals surface area contributed by atoms with E-state index in [4.69, 9.17) is 16.3 Å². The first kappa shape index (κ1) is 13.7. The van der Waals surface area contributed by atoms with Crippen LogP contribution in [0.15, 0.2) is 23.4 Å². The first-order valence-corrected chi connectivity index (χ1v) is 7.31. The fraction of sp³-hybridized carbons (Fsp3) is 0.500. The summed E-state index contributed by atoms with van der Waals surface area (Å²) in [4.78, 5) is 3.60.